The topological polar surface area (TPSA) is 43.3 Å². The van der Waals surface area contributed by atoms with Crippen molar-refractivity contribution < 1.29 is 9.53 Å². The molecule has 0 saturated carbocycles. The average molecular weight is 378 g/mol. The van der Waals surface area contributed by atoms with Gasteiger partial charge in [0, 0.05) is 10.6 Å². The third-order valence-corrected chi connectivity index (χ3v) is 3.87. The van der Waals surface area contributed by atoms with Crippen LogP contribution in [0.15, 0.2) is 41.0 Å². The number of carbonyl (C=O) groups is 1. The van der Waals surface area contributed by atoms with Crippen molar-refractivity contribution in [2.24, 2.45) is 0 Å². The molecule has 20 heavy (non-hydrogen) atoms. The second-order valence-corrected chi connectivity index (χ2v) is 5.60. The fourth-order valence-electron chi connectivity index (χ4n) is 1.64. The van der Waals surface area contributed by atoms with Crippen LogP contribution >= 0.6 is 39.1 Å². The highest BCUT2D eigenvalue weighted by molar-refractivity contribution is 9.10. The van der Waals surface area contributed by atoms with Gasteiger partial charge in [0.2, 0.25) is 0 Å². The predicted molar refractivity (Wildman–Crippen MR) is 82.9 cm³/mol. The maximum Gasteiger partial charge on any atom is 0.427 e. The van der Waals surface area contributed by atoms with E-state index in [9.17, 15) is 4.79 Å². The van der Waals surface area contributed by atoms with Crippen molar-refractivity contribution in [1.29, 1.82) is 0 Å². The standard InChI is InChI=1S/C13H11BrCl2N2O2/c1-8(9-4-2-3-5-10(9)15)20-13(19)17-18-11(14)6-7-12(18)16/h2-8H,1H3,(H,17,19). The maximum atomic E-state index is 11.8. The first-order valence-electron chi connectivity index (χ1n) is 5.74. The Morgan fingerprint density at radius 2 is 2.00 bits per heavy atom. The third-order valence-electron chi connectivity index (χ3n) is 2.62. The molecule has 1 aromatic heterocycles. The minimum Gasteiger partial charge on any atom is -0.440 e. The summed E-state index contributed by atoms with van der Waals surface area (Å²) in [5.74, 6) is 0. The quantitative estimate of drug-likeness (QED) is 0.817. The Morgan fingerprint density at radius 3 is 2.60 bits per heavy atom. The van der Waals surface area contributed by atoms with E-state index in [1.54, 1.807) is 31.2 Å². The summed E-state index contributed by atoms with van der Waals surface area (Å²) in [6.07, 6.45) is -1.10. The zero-order chi connectivity index (χ0) is 14.7. The number of nitrogens with one attached hydrogen (secondary N) is 1. The van der Waals surface area contributed by atoms with Crippen molar-refractivity contribution in [3.63, 3.8) is 0 Å². The molecule has 0 bridgehead atoms. The lowest BCUT2D eigenvalue weighted by molar-refractivity contribution is 0.118. The van der Waals surface area contributed by atoms with Crippen LogP contribution in [-0.2, 0) is 4.74 Å². The Morgan fingerprint density at radius 1 is 1.30 bits per heavy atom. The summed E-state index contributed by atoms with van der Waals surface area (Å²) in [6.45, 7) is 1.74. The Bertz CT molecular complexity index is 611. The highest BCUT2D eigenvalue weighted by Crippen LogP contribution is 2.25. The number of hydrogen-bond donors (Lipinski definition) is 1. The molecular weight excluding hydrogens is 367 g/mol. The minimum absolute atomic E-state index is 0.360. The largest absolute Gasteiger partial charge is 0.440 e. The van der Waals surface area contributed by atoms with Gasteiger partial charge in [-0.2, -0.15) is 0 Å². The number of ether oxygens (including phenoxy) is 1. The SMILES string of the molecule is CC(OC(=O)Nn1c(Cl)ccc1Br)c1ccccc1Cl. The van der Waals surface area contributed by atoms with Gasteiger partial charge in [-0.1, -0.05) is 41.4 Å². The van der Waals surface area contributed by atoms with Crippen molar-refractivity contribution in [3.8, 4) is 0 Å². The van der Waals surface area contributed by atoms with Crippen molar-refractivity contribution in [2.45, 2.75) is 13.0 Å². The molecule has 1 N–H and O–H groups in total. The zero-order valence-electron chi connectivity index (χ0n) is 10.4. The summed E-state index contributed by atoms with van der Waals surface area (Å²) in [5, 5.41) is 0.909. The summed E-state index contributed by atoms with van der Waals surface area (Å²) in [5.41, 5.74) is 3.25. The summed E-state index contributed by atoms with van der Waals surface area (Å²) >= 11 is 15.2. The van der Waals surface area contributed by atoms with Crippen molar-refractivity contribution in [3.05, 3.63) is 56.7 Å². The van der Waals surface area contributed by atoms with E-state index >= 15 is 0 Å². The molecule has 106 valence electrons. The Balaban J connectivity index is 2.04. The molecule has 0 aliphatic carbocycles. The molecule has 2 aromatic rings. The molecule has 0 radical (unpaired) electrons. The van der Waals surface area contributed by atoms with Crippen LogP contribution in [-0.4, -0.2) is 10.8 Å². The molecule has 4 nitrogen and oxygen atoms in total. The van der Waals surface area contributed by atoms with Gasteiger partial charge in [0.15, 0.2) is 0 Å². The molecule has 0 fully saturated rings. The van der Waals surface area contributed by atoms with E-state index in [1.807, 2.05) is 12.1 Å². The molecule has 0 saturated heterocycles. The highest BCUT2D eigenvalue weighted by Gasteiger charge is 2.15. The van der Waals surface area contributed by atoms with Crippen LogP contribution in [0.3, 0.4) is 0 Å². The second kappa shape index (κ2) is 6.52. The number of amides is 1. The van der Waals surface area contributed by atoms with Crippen LogP contribution in [0.2, 0.25) is 10.2 Å². The van der Waals surface area contributed by atoms with Gasteiger partial charge < -0.3 is 4.74 Å². The lowest BCUT2D eigenvalue weighted by Crippen LogP contribution is -2.25. The normalized spacial score (nSPS) is 12.0. The van der Waals surface area contributed by atoms with Gasteiger partial charge in [-0.05, 0) is 41.1 Å². The number of nitrogens with zero attached hydrogens (tertiary/aromatic N) is 1. The van der Waals surface area contributed by atoms with Crippen LogP contribution < -0.4 is 5.43 Å². The van der Waals surface area contributed by atoms with Gasteiger partial charge in [0.1, 0.15) is 15.9 Å². The Hall–Kier alpha value is -1.17. The highest BCUT2D eigenvalue weighted by atomic mass is 79.9. The van der Waals surface area contributed by atoms with Crippen molar-refractivity contribution in [2.75, 3.05) is 5.43 Å². The first kappa shape index (κ1) is 15.2. The lowest BCUT2D eigenvalue weighted by Gasteiger charge is -2.16. The fraction of sp³-hybridized carbons (Fsp3) is 0.154. The van der Waals surface area contributed by atoms with Crippen LogP contribution in [0.4, 0.5) is 4.79 Å². The van der Waals surface area contributed by atoms with Gasteiger partial charge in [0.25, 0.3) is 0 Å². The molecule has 0 aliphatic rings. The summed E-state index contributed by atoms with van der Waals surface area (Å²) in [4.78, 5) is 11.8. The lowest BCUT2D eigenvalue weighted by atomic mass is 10.1. The predicted octanol–water partition coefficient (Wildman–Crippen LogP) is 5.00. The summed E-state index contributed by atoms with van der Waals surface area (Å²) < 4.78 is 7.25. The van der Waals surface area contributed by atoms with Gasteiger partial charge in [-0.25, -0.2) is 14.9 Å². The number of benzene rings is 1. The molecule has 0 spiro atoms. The minimum atomic E-state index is -0.629. The van der Waals surface area contributed by atoms with E-state index in [-0.39, 0.29) is 0 Å². The Kier molecular flexibility index (Phi) is 4.96. The van der Waals surface area contributed by atoms with Crippen LogP contribution in [0.1, 0.15) is 18.6 Å². The summed E-state index contributed by atoms with van der Waals surface area (Å²) in [6, 6.07) is 10.5. The maximum absolute atomic E-state index is 11.8. The average Bonchev–Trinajstić information content (AvgIpc) is 2.71. The van der Waals surface area contributed by atoms with E-state index < -0.39 is 12.2 Å². The summed E-state index contributed by atoms with van der Waals surface area (Å²) in [7, 11) is 0. The molecule has 1 atom stereocenters. The van der Waals surface area contributed by atoms with E-state index in [4.69, 9.17) is 27.9 Å². The van der Waals surface area contributed by atoms with Crippen molar-refractivity contribution >= 4 is 45.2 Å². The van der Waals surface area contributed by atoms with Crippen LogP contribution in [0.25, 0.3) is 0 Å². The van der Waals surface area contributed by atoms with E-state index in [2.05, 4.69) is 21.4 Å². The van der Waals surface area contributed by atoms with Gasteiger partial charge >= 0.3 is 6.09 Å². The molecule has 1 amide bonds. The zero-order valence-corrected chi connectivity index (χ0v) is 13.5. The van der Waals surface area contributed by atoms with E-state index in [0.717, 1.165) is 5.56 Å². The first-order valence-corrected chi connectivity index (χ1v) is 7.28. The molecule has 0 aliphatic heterocycles. The van der Waals surface area contributed by atoms with Crippen LogP contribution in [0, 0.1) is 0 Å². The van der Waals surface area contributed by atoms with Gasteiger partial charge in [-0.3, -0.25) is 0 Å². The second-order valence-electron chi connectivity index (χ2n) is 4.00. The van der Waals surface area contributed by atoms with Gasteiger partial charge in [-0.15, -0.1) is 0 Å². The first-order chi connectivity index (χ1) is 9.49. The number of carbonyl (C=O) groups excluding carboxylic acids is 1. The number of aromatic nitrogens is 1. The van der Waals surface area contributed by atoms with Gasteiger partial charge in [0.05, 0.1) is 0 Å². The van der Waals surface area contributed by atoms with E-state index in [1.165, 1.54) is 4.68 Å². The third kappa shape index (κ3) is 3.48. The number of halogens is 3. The smallest absolute Gasteiger partial charge is 0.427 e. The molecule has 2 rings (SSSR count). The molecular formula is C13H11BrCl2N2O2. The number of hydrogen-bond acceptors (Lipinski definition) is 2. The van der Waals surface area contributed by atoms with E-state index in [0.29, 0.717) is 14.8 Å². The fourth-order valence-corrected chi connectivity index (χ4v) is 2.64. The Labute approximate surface area is 134 Å². The molecule has 7 heteroatoms. The number of rotatable bonds is 3. The van der Waals surface area contributed by atoms with Crippen LogP contribution in [0.5, 0.6) is 0 Å². The van der Waals surface area contributed by atoms with Crippen molar-refractivity contribution in [1.82, 2.24) is 4.68 Å². The monoisotopic (exact) mass is 376 g/mol. The molecule has 1 unspecified atom stereocenters. The molecule has 1 aromatic carbocycles. The molecule has 1 heterocycles.